The molecule has 3 nitrogen and oxygen atoms in total. The van der Waals surface area contributed by atoms with Crippen LogP contribution in [-0.4, -0.2) is 36.5 Å². The first-order chi connectivity index (χ1) is 7.19. The SMILES string of the molecule is Cc1cc(N(CCO)CCO)ccc1Cl. The van der Waals surface area contributed by atoms with Crippen molar-refractivity contribution in [3.05, 3.63) is 28.8 Å². The van der Waals surface area contributed by atoms with E-state index in [0.717, 1.165) is 16.3 Å². The fourth-order valence-corrected chi connectivity index (χ4v) is 1.55. The van der Waals surface area contributed by atoms with Crippen molar-refractivity contribution < 1.29 is 10.2 Å². The van der Waals surface area contributed by atoms with E-state index in [1.165, 1.54) is 0 Å². The van der Waals surface area contributed by atoms with E-state index in [9.17, 15) is 0 Å². The molecule has 0 radical (unpaired) electrons. The standard InChI is InChI=1S/C11H16ClNO2/c1-9-8-10(2-3-11(9)12)13(4-6-14)5-7-15/h2-3,8,14-15H,4-7H2,1H3. The lowest BCUT2D eigenvalue weighted by Crippen LogP contribution is -2.29. The van der Waals surface area contributed by atoms with Crippen LogP contribution < -0.4 is 4.90 Å². The van der Waals surface area contributed by atoms with Crippen LogP contribution in [-0.2, 0) is 0 Å². The van der Waals surface area contributed by atoms with Crippen LogP contribution in [0.25, 0.3) is 0 Å². The van der Waals surface area contributed by atoms with Crippen molar-refractivity contribution >= 4 is 17.3 Å². The van der Waals surface area contributed by atoms with E-state index in [1.54, 1.807) is 0 Å². The fourth-order valence-electron chi connectivity index (χ4n) is 1.44. The fraction of sp³-hybridized carbons (Fsp3) is 0.455. The van der Waals surface area contributed by atoms with Gasteiger partial charge >= 0.3 is 0 Å². The molecule has 0 unspecified atom stereocenters. The second-order valence-electron chi connectivity index (χ2n) is 3.37. The highest BCUT2D eigenvalue weighted by atomic mass is 35.5. The Morgan fingerprint density at radius 1 is 1.20 bits per heavy atom. The maximum atomic E-state index is 8.90. The Labute approximate surface area is 94.9 Å². The number of aryl methyl sites for hydroxylation is 1. The van der Waals surface area contributed by atoms with E-state index >= 15 is 0 Å². The van der Waals surface area contributed by atoms with Crippen LogP contribution >= 0.6 is 11.6 Å². The van der Waals surface area contributed by atoms with Gasteiger partial charge in [-0.25, -0.2) is 0 Å². The molecule has 1 aromatic rings. The molecule has 0 aliphatic heterocycles. The zero-order valence-corrected chi connectivity index (χ0v) is 9.54. The Morgan fingerprint density at radius 2 is 1.80 bits per heavy atom. The first-order valence-electron chi connectivity index (χ1n) is 4.92. The Hall–Kier alpha value is -0.770. The number of halogens is 1. The summed E-state index contributed by atoms with van der Waals surface area (Å²) in [5.74, 6) is 0. The number of nitrogens with zero attached hydrogens (tertiary/aromatic N) is 1. The summed E-state index contributed by atoms with van der Waals surface area (Å²) in [5, 5.41) is 18.5. The van der Waals surface area contributed by atoms with Gasteiger partial charge in [-0.2, -0.15) is 0 Å². The second-order valence-corrected chi connectivity index (χ2v) is 3.77. The third kappa shape index (κ3) is 3.38. The lowest BCUT2D eigenvalue weighted by Gasteiger charge is -2.23. The van der Waals surface area contributed by atoms with Crippen LogP contribution in [0.15, 0.2) is 18.2 Å². The van der Waals surface area contributed by atoms with Gasteiger partial charge in [-0.3, -0.25) is 0 Å². The van der Waals surface area contributed by atoms with Crippen LogP contribution in [0.3, 0.4) is 0 Å². The number of aliphatic hydroxyl groups excluding tert-OH is 2. The third-order valence-corrected chi connectivity index (χ3v) is 2.67. The quantitative estimate of drug-likeness (QED) is 0.803. The highest BCUT2D eigenvalue weighted by Crippen LogP contribution is 2.22. The molecular weight excluding hydrogens is 214 g/mol. The molecule has 0 spiro atoms. The number of benzene rings is 1. The van der Waals surface area contributed by atoms with Gasteiger partial charge in [0.1, 0.15) is 0 Å². The van der Waals surface area contributed by atoms with Crippen molar-refractivity contribution in [2.24, 2.45) is 0 Å². The molecule has 0 aliphatic carbocycles. The van der Waals surface area contributed by atoms with Crippen molar-refractivity contribution in [3.63, 3.8) is 0 Å². The summed E-state index contributed by atoms with van der Waals surface area (Å²) >= 11 is 5.92. The first kappa shape index (κ1) is 12.3. The average molecular weight is 230 g/mol. The van der Waals surface area contributed by atoms with E-state index in [2.05, 4.69) is 0 Å². The minimum Gasteiger partial charge on any atom is -0.395 e. The second kappa shape index (κ2) is 5.95. The minimum absolute atomic E-state index is 0.0711. The van der Waals surface area contributed by atoms with Crippen molar-refractivity contribution in [3.8, 4) is 0 Å². The molecule has 0 fully saturated rings. The summed E-state index contributed by atoms with van der Waals surface area (Å²) in [7, 11) is 0. The molecule has 1 aromatic carbocycles. The summed E-state index contributed by atoms with van der Waals surface area (Å²) in [4.78, 5) is 1.92. The minimum atomic E-state index is 0.0711. The molecule has 84 valence electrons. The van der Waals surface area contributed by atoms with Gasteiger partial charge in [0.05, 0.1) is 13.2 Å². The summed E-state index contributed by atoms with van der Waals surface area (Å²) in [5.41, 5.74) is 1.97. The summed E-state index contributed by atoms with van der Waals surface area (Å²) < 4.78 is 0. The van der Waals surface area contributed by atoms with E-state index < -0.39 is 0 Å². The van der Waals surface area contributed by atoms with Gasteiger partial charge < -0.3 is 15.1 Å². The van der Waals surface area contributed by atoms with Crippen molar-refractivity contribution in [1.29, 1.82) is 0 Å². The summed E-state index contributed by atoms with van der Waals surface area (Å²) in [6, 6.07) is 5.67. The molecule has 4 heteroatoms. The maximum Gasteiger partial charge on any atom is 0.0606 e. The predicted molar refractivity (Wildman–Crippen MR) is 62.6 cm³/mol. The van der Waals surface area contributed by atoms with Crippen molar-refractivity contribution in [2.45, 2.75) is 6.92 Å². The number of hydrogen-bond donors (Lipinski definition) is 2. The largest absolute Gasteiger partial charge is 0.395 e. The van der Waals surface area contributed by atoms with Gasteiger partial charge in [0.2, 0.25) is 0 Å². The van der Waals surface area contributed by atoms with Crippen molar-refractivity contribution in [1.82, 2.24) is 0 Å². The molecule has 1 rings (SSSR count). The maximum absolute atomic E-state index is 8.90. The molecule has 0 saturated heterocycles. The highest BCUT2D eigenvalue weighted by Gasteiger charge is 2.06. The molecule has 0 bridgehead atoms. The van der Waals surface area contributed by atoms with Crippen LogP contribution in [0.1, 0.15) is 5.56 Å². The molecule has 0 aromatic heterocycles. The van der Waals surface area contributed by atoms with Crippen LogP contribution in [0.4, 0.5) is 5.69 Å². The van der Waals surface area contributed by atoms with E-state index in [-0.39, 0.29) is 13.2 Å². The molecule has 15 heavy (non-hydrogen) atoms. The zero-order chi connectivity index (χ0) is 11.3. The predicted octanol–water partition coefficient (Wildman–Crippen LogP) is 1.44. The Balaban J connectivity index is 2.85. The average Bonchev–Trinajstić information content (AvgIpc) is 2.22. The van der Waals surface area contributed by atoms with Gasteiger partial charge in [-0.15, -0.1) is 0 Å². The molecule has 0 atom stereocenters. The topological polar surface area (TPSA) is 43.7 Å². The van der Waals surface area contributed by atoms with Crippen molar-refractivity contribution in [2.75, 3.05) is 31.2 Å². The number of aliphatic hydroxyl groups is 2. The zero-order valence-electron chi connectivity index (χ0n) is 8.78. The van der Waals surface area contributed by atoms with Gasteiger partial charge in [0.25, 0.3) is 0 Å². The molecule has 0 saturated carbocycles. The lowest BCUT2D eigenvalue weighted by atomic mass is 10.2. The van der Waals surface area contributed by atoms with Crippen LogP contribution in [0.5, 0.6) is 0 Å². The smallest absolute Gasteiger partial charge is 0.0606 e. The molecular formula is C11H16ClNO2. The van der Waals surface area contributed by atoms with Gasteiger partial charge in [0.15, 0.2) is 0 Å². The lowest BCUT2D eigenvalue weighted by molar-refractivity contribution is 0.281. The highest BCUT2D eigenvalue weighted by molar-refractivity contribution is 6.31. The molecule has 0 amide bonds. The Bertz CT molecular complexity index is 311. The first-order valence-corrected chi connectivity index (χ1v) is 5.29. The summed E-state index contributed by atoms with van der Waals surface area (Å²) in [6.07, 6.45) is 0. The van der Waals surface area contributed by atoms with E-state index in [0.29, 0.717) is 13.1 Å². The van der Waals surface area contributed by atoms with E-state index in [1.807, 2.05) is 30.0 Å². The van der Waals surface area contributed by atoms with Gasteiger partial charge in [0, 0.05) is 23.8 Å². The number of rotatable bonds is 5. The molecule has 2 N–H and O–H groups in total. The summed E-state index contributed by atoms with van der Waals surface area (Å²) in [6.45, 7) is 3.11. The van der Waals surface area contributed by atoms with Gasteiger partial charge in [-0.05, 0) is 30.7 Å². The molecule has 0 heterocycles. The molecule has 0 aliphatic rings. The number of anilines is 1. The Kier molecular flexibility index (Phi) is 4.88. The monoisotopic (exact) mass is 229 g/mol. The normalized spacial score (nSPS) is 10.4. The Morgan fingerprint density at radius 3 is 2.27 bits per heavy atom. The van der Waals surface area contributed by atoms with E-state index in [4.69, 9.17) is 21.8 Å². The number of hydrogen-bond acceptors (Lipinski definition) is 3. The van der Waals surface area contributed by atoms with Gasteiger partial charge in [-0.1, -0.05) is 11.6 Å². The van der Waals surface area contributed by atoms with Crippen LogP contribution in [0.2, 0.25) is 5.02 Å². The van der Waals surface area contributed by atoms with Crippen LogP contribution in [0, 0.1) is 6.92 Å². The third-order valence-electron chi connectivity index (χ3n) is 2.25.